The molecule has 3 nitrogen and oxygen atoms in total. The molecule has 0 unspecified atom stereocenters. The molecule has 0 spiro atoms. The topological polar surface area (TPSA) is 42.0 Å². The third-order valence-corrected chi connectivity index (χ3v) is 6.53. The molecule has 1 atom stereocenters. The van der Waals surface area contributed by atoms with E-state index in [1.54, 1.807) is 35.6 Å². The fourth-order valence-corrected chi connectivity index (χ4v) is 4.46. The fraction of sp³-hybridized carbons (Fsp3) is 0.474. The maximum absolute atomic E-state index is 12.3. The van der Waals surface area contributed by atoms with Crippen molar-refractivity contribution in [3.05, 3.63) is 45.4 Å². The van der Waals surface area contributed by atoms with Crippen LogP contribution in [0.5, 0.6) is 0 Å². The molecule has 0 fully saturated rings. The van der Waals surface area contributed by atoms with E-state index in [4.69, 9.17) is 11.6 Å². The predicted molar refractivity (Wildman–Crippen MR) is 101 cm³/mol. The Morgan fingerprint density at radius 1 is 1.46 bits per heavy atom. The summed E-state index contributed by atoms with van der Waals surface area (Å²) in [5.41, 5.74) is 2.07. The molecule has 1 heterocycles. The van der Waals surface area contributed by atoms with Crippen molar-refractivity contribution >= 4 is 34.0 Å². The van der Waals surface area contributed by atoms with Crippen molar-refractivity contribution in [2.24, 2.45) is 11.3 Å². The average molecular weight is 363 g/mol. The molecule has 5 heteroatoms. The smallest absolute Gasteiger partial charge is 0.257 e. The minimum Gasteiger partial charge on any atom is -0.298 e. The van der Waals surface area contributed by atoms with Gasteiger partial charge in [0.2, 0.25) is 0 Å². The Kier molecular flexibility index (Phi) is 4.97. The zero-order valence-corrected chi connectivity index (χ0v) is 15.9. The number of hydrogen-bond acceptors (Lipinski definition) is 3. The number of rotatable bonds is 4. The highest BCUT2D eigenvalue weighted by Gasteiger charge is 2.32. The molecule has 0 saturated heterocycles. The largest absolute Gasteiger partial charge is 0.298 e. The van der Waals surface area contributed by atoms with Crippen LogP contribution in [0.2, 0.25) is 5.02 Å². The number of thiazole rings is 1. The lowest BCUT2D eigenvalue weighted by atomic mass is 9.70. The summed E-state index contributed by atoms with van der Waals surface area (Å²) in [7, 11) is 0. The first-order chi connectivity index (χ1) is 11.4. The molecule has 1 aromatic heterocycles. The van der Waals surface area contributed by atoms with Gasteiger partial charge in [0.05, 0.1) is 5.69 Å². The van der Waals surface area contributed by atoms with Crippen LogP contribution in [0.25, 0.3) is 0 Å². The van der Waals surface area contributed by atoms with Crippen LogP contribution in [-0.2, 0) is 12.8 Å². The van der Waals surface area contributed by atoms with E-state index in [9.17, 15) is 4.79 Å². The lowest BCUT2D eigenvalue weighted by Gasteiger charge is -2.35. The van der Waals surface area contributed by atoms with Gasteiger partial charge in [-0.25, -0.2) is 4.98 Å². The average Bonchev–Trinajstić information content (AvgIpc) is 2.96. The number of anilines is 1. The van der Waals surface area contributed by atoms with Crippen molar-refractivity contribution < 1.29 is 4.79 Å². The van der Waals surface area contributed by atoms with E-state index >= 15 is 0 Å². The Labute approximate surface area is 152 Å². The molecule has 1 amide bonds. The molecule has 1 N–H and O–H groups in total. The van der Waals surface area contributed by atoms with Crippen LogP contribution in [0.1, 0.15) is 54.5 Å². The van der Waals surface area contributed by atoms with Crippen molar-refractivity contribution in [3.8, 4) is 0 Å². The Hall–Kier alpha value is -1.39. The molecule has 2 aromatic rings. The molecule has 128 valence electrons. The summed E-state index contributed by atoms with van der Waals surface area (Å²) in [6, 6.07) is 6.97. The van der Waals surface area contributed by atoms with Crippen LogP contribution < -0.4 is 5.32 Å². The molecule has 1 aliphatic rings. The van der Waals surface area contributed by atoms with Gasteiger partial charge in [-0.05, 0) is 48.8 Å². The predicted octanol–water partition coefficient (Wildman–Crippen LogP) is 5.59. The fourth-order valence-electron chi connectivity index (χ4n) is 3.18. The number of hydrogen-bond donors (Lipinski definition) is 1. The van der Waals surface area contributed by atoms with E-state index in [1.165, 1.54) is 17.7 Å². The molecule has 0 saturated carbocycles. The summed E-state index contributed by atoms with van der Waals surface area (Å²) < 4.78 is 0. The van der Waals surface area contributed by atoms with Crippen molar-refractivity contribution in [2.75, 3.05) is 5.32 Å². The number of carbonyl (C=O) groups excluding carboxylic acids is 1. The molecular formula is C19H23ClN2OS. The van der Waals surface area contributed by atoms with Gasteiger partial charge in [0.25, 0.3) is 5.91 Å². The highest BCUT2D eigenvalue weighted by Crippen LogP contribution is 2.42. The molecule has 1 aromatic carbocycles. The van der Waals surface area contributed by atoms with E-state index < -0.39 is 0 Å². The van der Waals surface area contributed by atoms with Gasteiger partial charge >= 0.3 is 0 Å². The molecular weight excluding hydrogens is 340 g/mol. The first kappa shape index (κ1) is 17.4. The number of halogens is 1. The zero-order chi connectivity index (χ0) is 17.3. The second-order valence-electron chi connectivity index (χ2n) is 7.14. The lowest BCUT2D eigenvalue weighted by Crippen LogP contribution is -2.28. The monoisotopic (exact) mass is 362 g/mol. The molecule has 0 aliphatic heterocycles. The van der Waals surface area contributed by atoms with Gasteiger partial charge in [0, 0.05) is 15.5 Å². The third-order valence-electron chi connectivity index (χ3n) is 5.26. The zero-order valence-electron chi connectivity index (χ0n) is 14.4. The first-order valence-electron chi connectivity index (χ1n) is 8.44. The Morgan fingerprint density at radius 2 is 2.25 bits per heavy atom. The highest BCUT2D eigenvalue weighted by atomic mass is 35.5. The highest BCUT2D eigenvalue weighted by molar-refractivity contribution is 7.15. The van der Waals surface area contributed by atoms with Gasteiger partial charge in [0.15, 0.2) is 5.13 Å². The molecule has 24 heavy (non-hydrogen) atoms. The molecule has 0 radical (unpaired) electrons. The second kappa shape index (κ2) is 6.85. The van der Waals surface area contributed by atoms with Gasteiger partial charge in [-0.3, -0.25) is 10.1 Å². The lowest BCUT2D eigenvalue weighted by molar-refractivity contribution is 0.102. The summed E-state index contributed by atoms with van der Waals surface area (Å²) in [4.78, 5) is 18.3. The van der Waals surface area contributed by atoms with Crippen molar-refractivity contribution in [3.63, 3.8) is 0 Å². The van der Waals surface area contributed by atoms with E-state index in [1.807, 2.05) is 0 Å². The van der Waals surface area contributed by atoms with Crippen molar-refractivity contribution in [2.45, 2.75) is 46.5 Å². The van der Waals surface area contributed by atoms with Gasteiger partial charge in [-0.15, -0.1) is 11.3 Å². The van der Waals surface area contributed by atoms with E-state index in [0.29, 0.717) is 27.1 Å². The van der Waals surface area contributed by atoms with E-state index in [0.717, 1.165) is 18.5 Å². The van der Waals surface area contributed by atoms with Gasteiger partial charge < -0.3 is 0 Å². The minimum atomic E-state index is -0.158. The van der Waals surface area contributed by atoms with Crippen LogP contribution in [0.3, 0.4) is 0 Å². The molecule has 0 bridgehead atoms. The van der Waals surface area contributed by atoms with Gasteiger partial charge in [-0.2, -0.15) is 0 Å². The normalized spacial score (nSPS) is 17.4. The number of aryl methyl sites for hydroxylation is 1. The number of benzene rings is 1. The molecule has 3 rings (SSSR count). The Bertz CT molecular complexity index is 754. The van der Waals surface area contributed by atoms with Crippen molar-refractivity contribution in [1.82, 2.24) is 4.98 Å². The summed E-state index contributed by atoms with van der Waals surface area (Å²) in [6.07, 6.45) is 4.44. The second-order valence-corrected chi connectivity index (χ2v) is 8.66. The van der Waals surface area contributed by atoms with E-state index in [-0.39, 0.29) is 5.91 Å². The van der Waals surface area contributed by atoms with Crippen molar-refractivity contribution in [1.29, 1.82) is 0 Å². The Balaban J connectivity index is 1.73. The van der Waals surface area contributed by atoms with Gasteiger partial charge in [-0.1, -0.05) is 44.9 Å². The molecule has 1 aliphatic carbocycles. The van der Waals surface area contributed by atoms with E-state index in [2.05, 4.69) is 31.1 Å². The van der Waals surface area contributed by atoms with Crippen LogP contribution in [0, 0.1) is 11.3 Å². The van der Waals surface area contributed by atoms with Crippen LogP contribution >= 0.6 is 22.9 Å². The van der Waals surface area contributed by atoms with Crippen LogP contribution in [0.4, 0.5) is 5.13 Å². The summed E-state index contributed by atoms with van der Waals surface area (Å²) >= 11 is 7.57. The number of aromatic nitrogens is 1. The SMILES string of the molecule is CCC(C)(C)[C@@H]1CCc2nc(NC(=O)c3cccc(Cl)c3)sc2C1. The summed E-state index contributed by atoms with van der Waals surface area (Å²) in [6.45, 7) is 6.97. The number of fused-ring (bicyclic) bond motifs is 1. The quantitative estimate of drug-likeness (QED) is 0.770. The maximum Gasteiger partial charge on any atom is 0.257 e. The Morgan fingerprint density at radius 3 is 2.96 bits per heavy atom. The number of nitrogens with one attached hydrogen (secondary N) is 1. The number of nitrogens with zero attached hydrogens (tertiary/aromatic N) is 1. The summed E-state index contributed by atoms with van der Waals surface area (Å²) in [5, 5.41) is 4.18. The standard InChI is InChI=1S/C19H23ClN2OS/c1-4-19(2,3)13-8-9-15-16(11-13)24-18(21-15)22-17(23)12-6-5-7-14(20)10-12/h5-7,10,13H,4,8-9,11H2,1-3H3,(H,21,22,23)/t13-/m1/s1. The van der Waals surface area contributed by atoms with Crippen LogP contribution in [-0.4, -0.2) is 10.9 Å². The number of amides is 1. The number of carbonyl (C=O) groups is 1. The first-order valence-corrected chi connectivity index (χ1v) is 9.64. The maximum atomic E-state index is 12.3. The third kappa shape index (κ3) is 3.65. The minimum absolute atomic E-state index is 0.158. The summed E-state index contributed by atoms with van der Waals surface area (Å²) in [5.74, 6) is 0.529. The van der Waals surface area contributed by atoms with Crippen LogP contribution in [0.15, 0.2) is 24.3 Å². The van der Waals surface area contributed by atoms with Gasteiger partial charge in [0.1, 0.15) is 0 Å².